The average Bonchev–Trinajstić information content (AvgIpc) is 2.62. The third kappa shape index (κ3) is 9.70. The quantitative estimate of drug-likeness (QED) is 0.375. The molecule has 0 bridgehead atoms. The Hall–Kier alpha value is -1.69. The second-order valence-electron chi connectivity index (χ2n) is 7.19. The molecule has 1 rings (SSSR count). The zero-order valence-electron chi connectivity index (χ0n) is 16.7. The first-order chi connectivity index (χ1) is 12.7. The lowest BCUT2D eigenvalue weighted by atomic mass is 10.0. The SMILES string of the molecule is COC(=O)CCCc1ccc(CC(=O)CCCCCS(=O)(=O)C(C)C)cc1. The van der Waals surface area contributed by atoms with Crippen molar-refractivity contribution in [2.45, 2.75) is 70.5 Å². The lowest BCUT2D eigenvalue weighted by Gasteiger charge is -2.07. The van der Waals surface area contributed by atoms with Crippen molar-refractivity contribution < 1.29 is 22.7 Å². The van der Waals surface area contributed by atoms with Crippen LogP contribution in [0.2, 0.25) is 0 Å². The maximum absolute atomic E-state index is 12.1. The number of sulfone groups is 1. The largest absolute Gasteiger partial charge is 0.469 e. The Morgan fingerprint density at radius 1 is 0.926 bits per heavy atom. The molecule has 27 heavy (non-hydrogen) atoms. The molecular formula is C21H32O5S. The number of carbonyl (C=O) groups excluding carboxylic acids is 2. The normalized spacial score (nSPS) is 11.6. The molecule has 1 aromatic carbocycles. The number of esters is 1. The minimum atomic E-state index is -2.98. The highest BCUT2D eigenvalue weighted by atomic mass is 32.2. The van der Waals surface area contributed by atoms with E-state index in [2.05, 4.69) is 4.74 Å². The Morgan fingerprint density at radius 3 is 2.15 bits per heavy atom. The number of benzene rings is 1. The van der Waals surface area contributed by atoms with Crippen LogP contribution in [0.4, 0.5) is 0 Å². The third-order valence-electron chi connectivity index (χ3n) is 4.60. The first kappa shape index (κ1) is 23.3. The number of unbranched alkanes of at least 4 members (excludes halogenated alkanes) is 2. The summed E-state index contributed by atoms with van der Waals surface area (Å²) < 4.78 is 28.1. The van der Waals surface area contributed by atoms with Crippen molar-refractivity contribution >= 4 is 21.6 Å². The van der Waals surface area contributed by atoms with Crippen molar-refractivity contribution in [2.75, 3.05) is 12.9 Å². The number of hydrogen-bond donors (Lipinski definition) is 0. The number of methoxy groups -OCH3 is 1. The van der Waals surface area contributed by atoms with E-state index in [0.29, 0.717) is 25.7 Å². The summed E-state index contributed by atoms with van der Waals surface area (Å²) in [6.07, 6.45) is 4.98. The molecule has 0 radical (unpaired) electrons. The molecule has 152 valence electrons. The van der Waals surface area contributed by atoms with Gasteiger partial charge >= 0.3 is 5.97 Å². The molecule has 0 saturated carbocycles. The lowest BCUT2D eigenvalue weighted by Crippen LogP contribution is -2.17. The van der Waals surface area contributed by atoms with Gasteiger partial charge in [0.05, 0.1) is 18.1 Å². The molecule has 0 atom stereocenters. The zero-order valence-corrected chi connectivity index (χ0v) is 17.5. The topological polar surface area (TPSA) is 77.5 Å². The summed E-state index contributed by atoms with van der Waals surface area (Å²) in [6.45, 7) is 3.40. The van der Waals surface area contributed by atoms with Gasteiger partial charge in [-0.05, 0) is 50.7 Å². The van der Waals surface area contributed by atoms with Crippen LogP contribution < -0.4 is 0 Å². The molecule has 6 heteroatoms. The molecule has 0 amide bonds. The second-order valence-corrected chi connectivity index (χ2v) is 9.86. The van der Waals surface area contributed by atoms with E-state index in [4.69, 9.17) is 0 Å². The standard InChI is InChI=1S/C21H32O5S/c1-17(2)27(24,25)15-6-4-5-9-20(22)16-19-13-11-18(12-14-19)8-7-10-21(23)26-3/h11-14,17H,4-10,15-16H2,1-3H3. The third-order valence-corrected chi connectivity index (χ3v) is 6.90. The fourth-order valence-corrected chi connectivity index (χ4v) is 3.79. The van der Waals surface area contributed by atoms with Gasteiger partial charge in [0.15, 0.2) is 9.84 Å². The summed E-state index contributed by atoms with van der Waals surface area (Å²) in [7, 11) is -1.58. The van der Waals surface area contributed by atoms with E-state index >= 15 is 0 Å². The fraction of sp³-hybridized carbons (Fsp3) is 0.619. The van der Waals surface area contributed by atoms with E-state index in [0.717, 1.165) is 36.8 Å². The van der Waals surface area contributed by atoms with Gasteiger partial charge in [0, 0.05) is 19.3 Å². The first-order valence-corrected chi connectivity index (χ1v) is 11.3. The highest BCUT2D eigenvalue weighted by Gasteiger charge is 2.15. The smallest absolute Gasteiger partial charge is 0.305 e. The summed E-state index contributed by atoms with van der Waals surface area (Å²) in [6, 6.07) is 7.91. The Labute approximate surface area is 163 Å². The van der Waals surface area contributed by atoms with Gasteiger partial charge in [-0.1, -0.05) is 30.7 Å². The predicted octanol–water partition coefficient (Wildman–Crippen LogP) is 3.68. The van der Waals surface area contributed by atoms with Gasteiger partial charge in [0.25, 0.3) is 0 Å². The number of rotatable bonds is 13. The maximum atomic E-state index is 12.1. The van der Waals surface area contributed by atoms with E-state index in [1.807, 2.05) is 24.3 Å². The van der Waals surface area contributed by atoms with Crippen LogP contribution in [0, 0.1) is 0 Å². The summed E-state index contributed by atoms with van der Waals surface area (Å²) in [5.41, 5.74) is 2.13. The van der Waals surface area contributed by atoms with Gasteiger partial charge in [-0.25, -0.2) is 8.42 Å². The Morgan fingerprint density at radius 2 is 1.56 bits per heavy atom. The van der Waals surface area contributed by atoms with Crippen LogP contribution >= 0.6 is 0 Å². The van der Waals surface area contributed by atoms with Crippen LogP contribution in [0.5, 0.6) is 0 Å². The van der Waals surface area contributed by atoms with Gasteiger partial charge in [0.2, 0.25) is 0 Å². The van der Waals surface area contributed by atoms with E-state index in [-0.39, 0.29) is 22.8 Å². The molecule has 0 unspecified atom stereocenters. The van der Waals surface area contributed by atoms with E-state index in [1.165, 1.54) is 7.11 Å². The van der Waals surface area contributed by atoms with Gasteiger partial charge in [0.1, 0.15) is 5.78 Å². The van der Waals surface area contributed by atoms with E-state index in [1.54, 1.807) is 13.8 Å². The van der Waals surface area contributed by atoms with Gasteiger partial charge in [-0.3, -0.25) is 9.59 Å². The number of ketones is 1. The van der Waals surface area contributed by atoms with Crippen LogP contribution in [0.25, 0.3) is 0 Å². The Kier molecular flexibility index (Phi) is 10.3. The van der Waals surface area contributed by atoms with Crippen molar-refractivity contribution in [3.8, 4) is 0 Å². The minimum Gasteiger partial charge on any atom is -0.469 e. The summed E-state index contributed by atoms with van der Waals surface area (Å²) in [4.78, 5) is 23.2. The van der Waals surface area contributed by atoms with E-state index in [9.17, 15) is 18.0 Å². The molecule has 0 aliphatic heterocycles. The lowest BCUT2D eigenvalue weighted by molar-refractivity contribution is -0.140. The molecule has 0 spiro atoms. The van der Waals surface area contributed by atoms with Crippen LogP contribution in [-0.4, -0.2) is 38.3 Å². The average molecular weight is 397 g/mol. The van der Waals surface area contributed by atoms with Crippen molar-refractivity contribution in [1.29, 1.82) is 0 Å². The van der Waals surface area contributed by atoms with Crippen LogP contribution in [0.1, 0.15) is 63.5 Å². The molecule has 5 nitrogen and oxygen atoms in total. The molecule has 0 aliphatic rings. The molecule has 1 aromatic rings. The maximum Gasteiger partial charge on any atom is 0.305 e. The first-order valence-electron chi connectivity index (χ1n) is 9.62. The second kappa shape index (κ2) is 11.9. The zero-order chi connectivity index (χ0) is 20.3. The molecule has 0 N–H and O–H groups in total. The molecule has 0 aliphatic carbocycles. The number of hydrogen-bond acceptors (Lipinski definition) is 5. The number of ether oxygens (including phenoxy) is 1. The Bertz CT molecular complexity index is 690. The number of Topliss-reactive ketones (excluding diaryl/α,β-unsaturated/α-hetero) is 1. The van der Waals surface area contributed by atoms with E-state index < -0.39 is 9.84 Å². The molecule has 0 heterocycles. The van der Waals surface area contributed by atoms with Crippen molar-refractivity contribution in [3.05, 3.63) is 35.4 Å². The van der Waals surface area contributed by atoms with Gasteiger partial charge in [-0.15, -0.1) is 0 Å². The number of carbonyl (C=O) groups is 2. The minimum absolute atomic E-state index is 0.181. The Balaban J connectivity index is 2.25. The van der Waals surface area contributed by atoms with Gasteiger partial charge < -0.3 is 4.74 Å². The molecule has 0 aromatic heterocycles. The molecular weight excluding hydrogens is 364 g/mol. The van der Waals surface area contributed by atoms with Crippen molar-refractivity contribution in [3.63, 3.8) is 0 Å². The van der Waals surface area contributed by atoms with Crippen LogP contribution in [-0.2, 0) is 37.0 Å². The fourth-order valence-electron chi connectivity index (χ4n) is 2.72. The van der Waals surface area contributed by atoms with Crippen LogP contribution in [0.15, 0.2) is 24.3 Å². The highest BCUT2D eigenvalue weighted by molar-refractivity contribution is 7.91. The number of aryl methyl sites for hydroxylation is 1. The summed E-state index contributed by atoms with van der Waals surface area (Å²) in [5, 5.41) is -0.331. The highest BCUT2D eigenvalue weighted by Crippen LogP contribution is 2.12. The van der Waals surface area contributed by atoms with Crippen LogP contribution in [0.3, 0.4) is 0 Å². The summed E-state index contributed by atoms with van der Waals surface area (Å²) in [5.74, 6) is 0.190. The summed E-state index contributed by atoms with van der Waals surface area (Å²) >= 11 is 0. The monoisotopic (exact) mass is 396 g/mol. The molecule has 0 saturated heterocycles. The van der Waals surface area contributed by atoms with Crippen molar-refractivity contribution in [2.24, 2.45) is 0 Å². The predicted molar refractivity (Wildman–Crippen MR) is 107 cm³/mol. The van der Waals surface area contributed by atoms with Gasteiger partial charge in [-0.2, -0.15) is 0 Å². The van der Waals surface area contributed by atoms with Crippen molar-refractivity contribution in [1.82, 2.24) is 0 Å². The molecule has 0 fully saturated rings.